The highest BCUT2D eigenvalue weighted by Crippen LogP contribution is 2.19. The third kappa shape index (κ3) is 23.9. The standard InChI is InChI=1S/C10H22O7.C3H7NO2.2C3H4O2/c11-1-9(2-12,3-13)7-17-8-10(4-14,5-15)6-16;1-2-6-3(4)5;2*1-2-3(4)5/h11-16H,1-8H2;2H2,1H3,(H2,4,5);2*2H,1H2,(H,4,5). The average molecular weight is 487 g/mol. The van der Waals surface area contributed by atoms with Crippen LogP contribution in [-0.2, 0) is 19.1 Å². The number of aliphatic hydroxyl groups is 6. The number of rotatable bonds is 13. The van der Waals surface area contributed by atoms with Gasteiger partial charge in [-0.1, -0.05) is 13.2 Å². The van der Waals surface area contributed by atoms with Gasteiger partial charge < -0.3 is 56.1 Å². The summed E-state index contributed by atoms with van der Waals surface area (Å²) in [6, 6.07) is 0. The van der Waals surface area contributed by atoms with E-state index in [1.165, 1.54) is 0 Å². The number of carbonyl (C=O) groups is 3. The van der Waals surface area contributed by atoms with Gasteiger partial charge in [0.15, 0.2) is 0 Å². The predicted octanol–water partition coefficient (Wildman–Crippen LogP) is -2.45. The molecule has 0 spiro atoms. The van der Waals surface area contributed by atoms with Gasteiger partial charge in [-0.15, -0.1) is 0 Å². The Balaban J connectivity index is -0.000000213. The molecule has 0 saturated heterocycles. The van der Waals surface area contributed by atoms with Gasteiger partial charge in [0.05, 0.1) is 70.3 Å². The molecule has 196 valence electrons. The predicted molar refractivity (Wildman–Crippen MR) is 115 cm³/mol. The molecule has 14 nitrogen and oxygen atoms in total. The van der Waals surface area contributed by atoms with E-state index in [0.29, 0.717) is 6.61 Å². The number of amides is 1. The van der Waals surface area contributed by atoms with Gasteiger partial charge in [-0.25, -0.2) is 14.4 Å². The van der Waals surface area contributed by atoms with Crippen LogP contribution in [0.1, 0.15) is 6.92 Å². The highest BCUT2D eigenvalue weighted by atomic mass is 16.5. The molecule has 14 heteroatoms. The summed E-state index contributed by atoms with van der Waals surface area (Å²) in [6.45, 7) is 4.97. The second kappa shape index (κ2) is 24.1. The minimum Gasteiger partial charge on any atom is -0.478 e. The van der Waals surface area contributed by atoms with Crippen LogP contribution in [0, 0.1) is 10.8 Å². The maximum atomic E-state index is 9.60. The summed E-state index contributed by atoms with van der Waals surface area (Å²) >= 11 is 0. The fourth-order valence-corrected chi connectivity index (χ4v) is 1.20. The summed E-state index contributed by atoms with van der Waals surface area (Å²) in [5, 5.41) is 69.4. The van der Waals surface area contributed by atoms with Crippen LogP contribution in [0.3, 0.4) is 0 Å². The maximum absolute atomic E-state index is 9.60. The molecule has 0 atom stereocenters. The van der Waals surface area contributed by atoms with Crippen LogP contribution in [0.2, 0.25) is 0 Å². The van der Waals surface area contributed by atoms with E-state index in [1.54, 1.807) is 6.92 Å². The Bertz CT molecular complexity index is 477. The SMILES string of the molecule is C=CC(=O)O.C=CC(=O)O.CCOC(N)=O.OCC(CO)(CO)COCC(CO)(CO)CO. The van der Waals surface area contributed by atoms with Crippen LogP contribution in [0.4, 0.5) is 4.79 Å². The van der Waals surface area contributed by atoms with Gasteiger partial charge in [0.1, 0.15) is 0 Å². The van der Waals surface area contributed by atoms with Crippen molar-refractivity contribution in [3.8, 4) is 0 Å². The topological polar surface area (TPSA) is 258 Å². The first-order valence-corrected chi connectivity index (χ1v) is 9.25. The number of carbonyl (C=O) groups excluding carboxylic acids is 1. The molecule has 0 unspecified atom stereocenters. The van der Waals surface area contributed by atoms with E-state index in [0.717, 1.165) is 12.2 Å². The monoisotopic (exact) mass is 487 g/mol. The number of aliphatic hydroxyl groups excluding tert-OH is 6. The Labute approximate surface area is 191 Å². The number of carboxylic acids is 2. The van der Waals surface area contributed by atoms with E-state index in [1.807, 2.05) is 0 Å². The smallest absolute Gasteiger partial charge is 0.404 e. The second-order valence-corrected chi connectivity index (χ2v) is 6.28. The van der Waals surface area contributed by atoms with Crippen molar-refractivity contribution in [1.82, 2.24) is 0 Å². The highest BCUT2D eigenvalue weighted by molar-refractivity contribution is 5.79. The highest BCUT2D eigenvalue weighted by Gasteiger charge is 2.32. The first-order chi connectivity index (χ1) is 15.4. The molecule has 0 aromatic heterocycles. The molecule has 0 heterocycles. The molecule has 0 aliphatic carbocycles. The minimum absolute atomic E-state index is 0.141. The molecule has 0 fully saturated rings. The van der Waals surface area contributed by atoms with Gasteiger partial charge in [0.2, 0.25) is 0 Å². The van der Waals surface area contributed by atoms with Crippen molar-refractivity contribution < 1.29 is 64.7 Å². The Hall–Kier alpha value is -2.59. The third-order valence-electron chi connectivity index (χ3n) is 3.46. The van der Waals surface area contributed by atoms with Crippen molar-refractivity contribution in [1.29, 1.82) is 0 Å². The van der Waals surface area contributed by atoms with Gasteiger partial charge in [-0.3, -0.25) is 0 Å². The zero-order valence-corrected chi connectivity index (χ0v) is 18.6. The van der Waals surface area contributed by atoms with Crippen LogP contribution in [0.5, 0.6) is 0 Å². The van der Waals surface area contributed by atoms with Crippen LogP contribution >= 0.6 is 0 Å². The zero-order chi connectivity index (χ0) is 26.9. The molecule has 0 rings (SSSR count). The van der Waals surface area contributed by atoms with Crippen molar-refractivity contribution in [3.05, 3.63) is 25.3 Å². The number of ether oxygens (including phenoxy) is 2. The summed E-state index contributed by atoms with van der Waals surface area (Å²) in [7, 11) is 0. The number of nitrogens with two attached hydrogens (primary N) is 1. The maximum Gasteiger partial charge on any atom is 0.404 e. The number of hydrogen-bond donors (Lipinski definition) is 9. The Morgan fingerprint density at radius 1 is 0.758 bits per heavy atom. The van der Waals surface area contributed by atoms with E-state index in [9.17, 15) is 14.4 Å². The quantitative estimate of drug-likeness (QED) is 0.122. The largest absolute Gasteiger partial charge is 0.478 e. The summed E-state index contributed by atoms with van der Waals surface area (Å²) in [4.78, 5) is 28.1. The molecule has 33 heavy (non-hydrogen) atoms. The third-order valence-corrected chi connectivity index (χ3v) is 3.46. The molecule has 0 bridgehead atoms. The Morgan fingerprint density at radius 2 is 1.00 bits per heavy atom. The van der Waals surface area contributed by atoms with Crippen molar-refractivity contribution >= 4 is 18.0 Å². The minimum atomic E-state index is -1.16. The van der Waals surface area contributed by atoms with Crippen molar-refractivity contribution in [2.24, 2.45) is 16.6 Å². The van der Waals surface area contributed by atoms with E-state index in [2.05, 4.69) is 23.6 Å². The van der Waals surface area contributed by atoms with Gasteiger partial charge >= 0.3 is 18.0 Å². The molecule has 0 aliphatic rings. The van der Waals surface area contributed by atoms with Crippen LogP contribution in [-0.4, -0.2) is 118 Å². The lowest BCUT2D eigenvalue weighted by Crippen LogP contribution is -2.43. The first kappa shape index (κ1) is 37.7. The lowest BCUT2D eigenvalue weighted by molar-refractivity contribution is -0.132. The number of hydrogen-bond acceptors (Lipinski definition) is 11. The molecule has 0 radical (unpaired) electrons. The normalized spacial score (nSPS) is 10.0. The van der Waals surface area contributed by atoms with E-state index < -0.39 is 68.5 Å². The Morgan fingerprint density at radius 3 is 1.09 bits per heavy atom. The van der Waals surface area contributed by atoms with Gasteiger partial charge in [-0.05, 0) is 6.92 Å². The van der Waals surface area contributed by atoms with Crippen molar-refractivity contribution in [3.63, 3.8) is 0 Å². The van der Waals surface area contributed by atoms with Gasteiger partial charge in [-0.2, -0.15) is 0 Å². The lowest BCUT2D eigenvalue weighted by atomic mass is 9.91. The van der Waals surface area contributed by atoms with Crippen LogP contribution < -0.4 is 5.73 Å². The molecule has 0 saturated carbocycles. The molecule has 0 aliphatic heterocycles. The molecule has 1 amide bonds. The molecule has 10 N–H and O–H groups in total. The zero-order valence-electron chi connectivity index (χ0n) is 18.6. The summed E-state index contributed by atoms with van der Waals surface area (Å²) < 4.78 is 9.33. The molecule has 0 aromatic carbocycles. The van der Waals surface area contributed by atoms with Crippen molar-refractivity contribution in [2.45, 2.75) is 6.92 Å². The van der Waals surface area contributed by atoms with Crippen molar-refractivity contribution in [2.75, 3.05) is 59.5 Å². The molecular weight excluding hydrogens is 450 g/mol. The van der Waals surface area contributed by atoms with E-state index in [4.69, 9.17) is 45.6 Å². The fourth-order valence-electron chi connectivity index (χ4n) is 1.20. The Kier molecular flexibility index (Phi) is 27.5. The van der Waals surface area contributed by atoms with Gasteiger partial charge in [0.25, 0.3) is 0 Å². The average Bonchev–Trinajstić information content (AvgIpc) is 2.81. The van der Waals surface area contributed by atoms with E-state index in [-0.39, 0.29) is 13.2 Å². The summed E-state index contributed by atoms with van der Waals surface area (Å²) in [6.07, 6.45) is 0.956. The second-order valence-electron chi connectivity index (χ2n) is 6.28. The van der Waals surface area contributed by atoms with Gasteiger partial charge in [0, 0.05) is 12.2 Å². The lowest BCUT2D eigenvalue weighted by Gasteiger charge is -2.31. The number of aliphatic carboxylic acids is 2. The summed E-state index contributed by atoms with van der Waals surface area (Å²) in [5.41, 5.74) is 2.22. The van der Waals surface area contributed by atoms with Crippen LogP contribution in [0.15, 0.2) is 25.3 Å². The first-order valence-electron chi connectivity index (χ1n) is 9.25. The molecular formula is C19H37NO13. The number of primary amides is 1. The summed E-state index contributed by atoms with van der Waals surface area (Å²) in [5.74, 6) is -1.96. The van der Waals surface area contributed by atoms with E-state index >= 15 is 0 Å². The van der Waals surface area contributed by atoms with Crippen LogP contribution in [0.25, 0.3) is 0 Å². The molecule has 0 aromatic rings. The number of carboxylic acid groups (broad SMARTS) is 2. The fraction of sp³-hybridized carbons (Fsp3) is 0.632.